The van der Waals surface area contributed by atoms with E-state index in [0.717, 1.165) is 12.8 Å². The van der Waals surface area contributed by atoms with Gasteiger partial charge in [-0.1, -0.05) is 26.2 Å². The van der Waals surface area contributed by atoms with E-state index in [-0.39, 0.29) is 12.5 Å². The minimum Gasteiger partial charge on any atom is -0.467 e. The number of rotatable bonds is 9. The molecule has 1 amide bonds. The number of carbonyl (C=O) groups is 2. The van der Waals surface area contributed by atoms with E-state index in [1.165, 1.54) is 26.9 Å². The van der Waals surface area contributed by atoms with Crippen LogP contribution < -0.4 is 5.32 Å². The van der Waals surface area contributed by atoms with Crippen molar-refractivity contribution in [3.8, 4) is 0 Å². The fourth-order valence-corrected chi connectivity index (χ4v) is 1.39. The SMILES string of the molecule is CCCCCCOCC(NC(C)=O)C(=O)OC. The van der Waals surface area contributed by atoms with E-state index >= 15 is 0 Å². The number of amides is 1. The second kappa shape index (κ2) is 10.1. The third-order valence-electron chi connectivity index (χ3n) is 2.29. The number of hydrogen-bond donors (Lipinski definition) is 1. The Bertz CT molecular complexity index is 231. The zero-order chi connectivity index (χ0) is 13.1. The van der Waals surface area contributed by atoms with Crippen LogP contribution in [-0.4, -0.2) is 38.2 Å². The highest BCUT2D eigenvalue weighted by Crippen LogP contribution is 1.99. The van der Waals surface area contributed by atoms with Crippen LogP contribution in [0.5, 0.6) is 0 Å². The Hall–Kier alpha value is -1.10. The fraction of sp³-hybridized carbons (Fsp3) is 0.833. The van der Waals surface area contributed by atoms with E-state index in [1.807, 2.05) is 0 Å². The Labute approximate surface area is 103 Å². The van der Waals surface area contributed by atoms with Gasteiger partial charge >= 0.3 is 5.97 Å². The molecule has 0 saturated carbocycles. The maximum absolute atomic E-state index is 11.3. The second-order valence-electron chi connectivity index (χ2n) is 3.91. The molecule has 100 valence electrons. The third kappa shape index (κ3) is 8.68. The molecule has 1 N–H and O–H groups in total. The van der Waals surface area contributed by atoms with Crippen LogP contribution in [-0.2, 0) is 19.1 Å². The average molecular weight is 245 g/mol. The summed E-state index contributed by atoms with van der Waals surface area (Å²) in [5, 5.41) is 2.49. The highest BCUT2D eigenvalue weighted by molar-refractivity contribution is 5.83. The van der Waals surface area contributed by atoms with Crippen molar-refractivity contribution in [3.05, 3.63) is 0 Å². The molecule has 0 rings (SSSR count). The monoisotopic (exact) mass is 245 g/mol. The van der Waals surface area contributed by atoms with E-state index < -0.39 is 12.0 Å². The topological polar surface area (TPSA) is 64.6 Å². The molecule has 5 nitrogen and oxygen atoms in total. The van der Waals surface area contributed by atoms with Crippen LogP contribution in [0.15, 0.2) is 0 Å². The van der Waals surface area contributed by atoms with Crippen LogP contribution in [0.1, 0.15) is 39.5 Å². The molecule has 17 heavy (non-hydrogen) atoms. The zero-order valence-corrected chi connectivity index (χ0v) is 11.0. The van der Waals surface area contributed by atoms with Gasteiger partial charge in [-0.15, -0.1) is 0 Å². The average Bonchev–Trinajstić information content (AvgIpc) is 2.30. The standard InChI is InChI=1S/C12H23NO4/c1-4-5-6-7-8-17-9-11(12(15)16-3)13-10(2)14/h11H,4-9H2,1-3H3,(H,13,14). The summed E-state index contributed by atoms with van der Waals surface area (Å²) in [7, 11) is 1.29. The molecule has 0 aromatic rings. The van der Waals surface area contributed by atoms with Gasteiger partial charge in [0.1, 0.15) is 0 Å². The first-order valence-corrected chi connectivity index (χ1v) is 6.04. The van der Waals surface area contributed by atoms with E-state index in [2.05, 4.69) is 17.0 Å². The number of carbonyl (C=O) groups excluding carboxylic acids is 2. The summed E-state index contributed by atoms with van der Waals surface area (Å²) in [6.45, 7) is 4.27. The number of methoxy groups -OCH3 is 1. The molecule has 0 aliphatic rings. The van der Waals surface area contributed by atoms with Crippen molar-refractivity contribution in [2.24, 2.45) is 0 Å². The van der Waals surface area contributed by atoms with Gasteiger partial charge in [0, 0.05) is 13.5 Å². The van der Waals surface area contributed by atoms with Crippen molar-refractivity contribution in [3.63, 3.8) is 0 Å². The molecule has 0 aliphatic carbocycles. The summed E-state index contributed by atoms with van der Waals surface area (Å²) >= 11 is 0. The third-order valence-corrected chi connectivity index (χ3v) is 2.29. The number of nitrogens with one attached hydrogen (secondary N) is 1. The molecule has 0 heterocycles. The Balaban J connectivity index is 3.76. The minimum absolute atomic E-state index is 0.165. The quantitative estimate of drug-likeness (QED) is 0.490. The summed E-state index contributed by atoms with van der Waals surface area (Å²) < 4.78 is 9.93. The lowest BCUT2D eigenvalue weighted by Gasteiger charge is -2.15. The predicted octanol–water partition coefficient (Wildman–Crippen LogP) is 1.26. The van der Waals surface area contributed by atoms with Crippen LogP contribution in [0, 0.1) is 0 Å². The summed E-state index contributed by atoms with van der Waals surface area (Å²) in [5.41, 5.74) is 0. The predicted molar refractivity (Wildman–Crippen MR) is 64.6 cm³/mol. The smallest absolute Gasteiger partial charge is 0.330 e. The summed E-state index contributed by atoms with van der Waals surface area (Å²) in [6, 6.07) is -0.705. The Morgan fingerprint density at radius 1 is 1.24 bits per heavy atom. The Kier molecular flexibility index (Phi) is 9.43. The molecule has 0 aromatic heterocycles. The molecule has 0 spiro atoms. The van der Waals surface area contributed by atoms with Gasteiger partial charge in [-0.3, -0.25) is 4.79 Å². The van der Waals surface area contributed by atoms with Crippen LogP contribution in [0.4, 0.5) is 0 Å². The number of unbranched alkanes of at least 4 members (excludes halogenated alkanes) is 3. The van der Waals surface area contributed by atoms with Gasteiger partial charge in [-0.05, 0) is 6.42 Å². The molecule has 0 fully saturated rings. The maximum atomic E-state index is 11.3. The summed E-state index contributed by atoms with van der Waals surface area (Å²) in [4.78, 5) is 22.2. The van der Waals surface area contributed by atoms with Crippen molar-refractivity contribution in [2.75, 3.05) is 20.3 Å². The van der Waals surface area contributed by atoms with Gasteiger partial charge in [0.25, 0.3) is 0 Å². The molecule has 0 aliphatic heterocycles. The number of ether oxygens (including phenoxy) is 2. The molecular formula is C12H23NO4. The van der Waals surface area contributed by atoms with Crippen LogP contribution in [0.25, 0.3) is 0 Å². The van der Waals surface area contributed by atoms with Crippen molar-refractivity contribution in [1.29, 1.82) is 0 Å². The van der Waals surface area contributed by atoms with Crippen LogP contribution >= 0.6 is 0 Å². The van der Waals surface area contributed by atoms with Crippen LogP contribution in [0.2, 0.25) is 0 Å². The van der Waals surface area contributed by atoms with Gasteiger partial charge in [0.15, 0.2) is 6.04 Å². The van der Waals surface area contributed by atoms with Gasteiger partial charge in [-0.2, -0.15) is 0 Å². The highest BCUT2D eigenvalue weighted by atomic mass is 16.5. The van der Waals surface area contributed by atoms with Gasteiger partial charge in [0.2, 0.25) is 5.91 Å². The lowest BCUT2D eigenvalue weighted by Crippen LogP contribution is -2.43. The van der Waals surface area contributed by atoms with Gasteiger partial charge in [0.05, 0.1) is 13.7 Å². The molecule has 0 radical (unpaired) electrons. The molecular weight excluding hydrogens is 222 g/mol. The molecule has 1 atom stereocenters. The first-order valence-electron chi connectivity index (χ1n) is 6.04. The van der Waals surface area contributed by atoms with E-state index in [0.29, 0.717) is 6.61 Å². The van der Waals surface area contributed by atoms with Gasteiger partial charge in [-0.25, -0.2) is 4.79 Å². The Morgan fingerprint density at radius 2 is 1.94 bits per heavy atom. The van der Waals surface area contributed by atoms with E-state index in [4.69, 9.17) is 4.74 Å². The summed E-state index contributed by atoms with van der Waals surface area (Å²) in [6.07, 6.45) is 4.47. The van der Waals surface area contributed by atoms with E-state index in [1.54, 1.807) is 0 Å². The lowest BCUT2D eigenvalue weighted by molar-refractivity contribution is -0.146. The molecule has 1 unspecified atom stereocenters. The Morgan fingerprint density at radius 3 is 2.47 bits per heavy atom. The zero-order valence-electron chi connectivity index (χ0n) is 11.0. The minimum atomic E-state index is -0.705. The van der Waals surface area contributed by atoms with Crippen molar-refractivity contribution in [1.82, 2.24) is 5.32 Å². The first-order chi connectivity index (χ1) is 8.11. The fourth-order valence-electron chi connectivity index (χ4n) is 1.39. The van der Waals surface area contributed by atoms with Crippen LogP contribution in [0.3, 0.4) is 0 Å². The molecule has 0 bridgehead atoms. The second-order valence-corrected chi connectivity index (χ2v) is 3.91. The van der Waals surface area contributed by atoms with E-state index in [9.17, 15) is 9.59 Å². The normalized spacial score (nSPS) is 11.9. The largest absolute Gasteiger partial charge is 0.467 e. The first kappa shape index (κ1) is 15.9. The lowest BCUT2D eigenvalue weighted by atomic mass is 10.2. The van der Waals surface area contributed by atoms with Crippen molar-refractivity contribution >= 4 is 11.9 Å². The maximum Gasteiger partial charge on any atom is 0.330 e. The van der Waals surface area contributed by atoms with Crippen molar-refractivity contribution in [2.45, 2.75) is 45.6 Å². The molecule has 5 heteroatoms. The number of esters is 1. The van der Waals surface area contributed by atoms with Gasteiger partial charge < -0.3 is 14.8 Å². The molecule has 0 aromatic carbocycles. The summed E-state index contributed by atoms with van der Waals surface area (Å²) in [5.74, 6) is -0.747. The van der Waals surface area contributed by atoms with Crippen molar-refractivity contribution < 1.29 is 19.1 Å². The highest BCUT2D eigenvalue weighted by Gasteiger charge is 2.19. The molecule has 0 saturated heterocycles. The number of hydrogen-bond acceptors (Lipinski definition) is 4.